The molecule has 0 saturated heterocycles. The predicted molar refractivity (Wildman–Crippen MR) is 71.2 cm³/mol. The molecule has 2 nitrogen and oxygen atoms in total. The van der Waals surface area contributed by atoms with Crippen LogP contribution in [-0.2, 0) is 6.42 Å². The number of hydrogen-bond acceptors (Lipinski definition) is 2. The largest absolute Gasteiger partial charge is 0.472 e. The van der Waals surface area contributed by atoms with Gasteiger partial charge in [-0.3, -0.25) is 0 Å². The Morgan fingerprint density at radius 2 is 2.11 bits per heavy atom. The molecule has 0 aromatic carbocycles. The van der Waals surface area contributed by atoms with Crippen LogP contribution in [0.1, 0.15) is 31.7 Å². The van der Waals surface area contributed by atoms with Crippen molar-refractivity contribution in [1.29, 1.82) is 0 Å². The Hall–Kier alpha value is -0.760. The van der Waals surface area contributed by atoms with Crippen LogP contribution in [0, 0.1) is 29.6 Å². The van der Waals surface area contributed by atoms with E-state index in [1.54, 1.807) is 12.7 Å². The van der Waals surface area contributed by atoms with Gasteiger partial charge < -0.3 is 9.73 Å². The molecular weight excluding hydrogens is 222 g/mol. The second-order valence-corrected chi connectivity index (χ2v) is 6.57. The Bertz CT molecular complexity index is 397. The van der Waals surface area contributed by atoms with Crippen molar-refractivity contribution >= 4 is 0 Å². The van der Waals surface area contributed by atoms with Gasteiger partial charge in [0.15, 0.2) is 0 Å². The van der Waals surface area contributed by atoms with E-state index in [1.165, 1.54) is 18.4 Å². The number of hydrogen-bond donors (Lipinski definition) is 1. The zero-order valence-electron chi connectivity index (χ0n) is 11.1. The molecule has 3 aliphatic carbocycles. The average Bonchev–Trinajstić information content (AvgIpc) is 2.81. The first-order valence-electron chi connectivity index (χ1n) is 7.63. The van der Waals surface area contributed by atoms with Gasteiger partial charge in [-0.1, -0.05) is 6.92 Å². The Morgan fingerprint density at radius 3 is 2.72 bits per heavy atom. The van der Waals surface area contributed by atoms with E-state index in [-0.39, 0.29) is 0 Å². The molecule has 1 aromatic rings. The molecule has 5 unspecified atom stereocenters. The van der Waals surface area contributed by atoms with Crippen molar-refractivity contribution in [3.63, 3.8) is 0 Å². The van der Waals surface area contributed by atoms with Gasteiger partial charge in [-0.25, -0.2) is 0 Å². The van der Waals surface area contributed by atoms with E-state index in [4.69, 9.17) is 4.42 Å². The maximum absolute atomic E-state index is 5.21. The molecule has 4 rings (SSSR count). The molecule has 2 heteroatoms. The van der Waals surface area contributed by atoms with Gasteiger partial charge in [-0.05, 0) is 73.4 Å². The summed E-state index contributed by atoms with van der Waals surface area (Å²) in [5, 5.41) is 3.74. The van der Waals surface area contributed by atoms with Gasteiger partial charge in [0.1, 0.15) is 0 Å². The molecule has 2 bridgehead atoms. The van der Waals surface area contributed by atoms with Gasteiger partial charge in [0.25, 0.3) is 0 Å². The van der Waals surface area contributed by atoms with Crippen LogP contribution in [-0.4, -0.2) is 12.6 Å². The van der Waals surface area contributed by atoms with E-state index in [0.29, 0.717) is 6.04 Å². The lowest BCUT2D eigenvalue weighted by Crippen LogP contribution is -2.35. The molecule has 18 heavy (non-hydrogen) atoms. The minimum absolute atomic E-state index is 0.686. The van der Waals surface area contributed by atoms with Crippen molar-refractivity contribution in [2.75, 3.05) is 6.54 Å². The highest BCUT2D eigenvalue weighted by Gasteiger charge is 2.66. The predicted octanol–water partition coefficient (Wildman–Crippen LogP) is 3.09. The summed E-state index contributed by atoms with van der Waals surface area (Å²) in [4.78, 5) is 0. The molecule has 0 radical (unpaired) electrons. The second-order valence-electron chi connectivity index (χ2n) is 6.57. The summed E-state index contributed by atoms with van der Waals surface area (Å²) in [6.07, 6.45) is 9.46. The van der Waals surface area contributed by atoms with Gasteiger partial charge in [0.2, 0.25) is 0 Å². The van der Waals surface area contributed by atoms with Crippen LogP contribution in [0.2, 0.25) is 0 Å². The Labute approximate surface area is 109 Å². The minimum atomic E-state index is 0.686. The topological polar surface area (TPSA) is 25.2 Å². The fourth-order valence-electron chi connectivity index (χ4n) is 5.20. The van der Waals surface area contributed by atoms with Crippen molar-refractivity contribution in [3.8, 4) is 0 Å². The SMILES string of the molecule is CCNC(Cc1ccoc1)C1C2C3CCC(C3)C21. The van der Waals surface area contributed by atoms with Crippen LogP contribution in [0.4, 0.5) is 0 Å². The highest BCUT2D eigenvalue weighted by molar-refractivity contribution is 5.18. The molecule has 1 N–H and O–H groups in total. The van der Waals surface area contributed by atoms with Gasteiger partial charge in [-0.15, -0.1) is 0 Å². The summed E-state index contributed by atoms with van der Waals surface area (Å²) in [7, 11) is 0. The first kappa shape index (κ1) is 11.1. The second kappa shape index (κ2) is 4.12. The fourth-order valence-corrected chi connectivity index (χ4v) is 5.20. The lowest BCUT2D eigenvalue weighted by Gasteiger charge is -2.20. The maximum Gasteiger partial charge on any atom is 0.0935 e. The highest BCUT2D eigenvalue weighted by Crippen LogP contribution is 2.70. The smallest absolute Gasteiger partial charge is 0.0935 e. The van der Waals surface area contributed by atoms with Gasteiger partial charge in [0, 0.05) is 6.04 Å². The number of furan rings is 1. The van der Waals surface area contributed by atoms with Crippen molar-refractivity contribution in [2.24, 2.45) is 29.6 Å². The lowest BCUT2D eigenvalue weighted by atomic mass is 9.94. The van der Waals surface area contributed by atoms with Crippen molar-refractivity contribution < 1.29 is 4.42 Å². The molecule has 1 heterocycles. The third kappa shape index (κ3) is 1.58. The molecule has 0 spiro atoms. The summed E-state index contributed by atoms with van der Waals surface area (Å²) >= 11 is 0. The Kier molecular flexibility index (Phi) is 2.54. The molecule has 5 atom stereocenters. The van der Waals surface area contributed by atoms with Crippen molar-refractivity contribution in [1.82, 2.24) is 5.32 Å². The maximum atomic E-state index is 5.21. The summed E-state index contributed by atoms with van der Waals surface area (Å²) < 4.78 is 5.21. The number of rotatable bonds is 5. The molecule has 3 aliphatic rings. The van der Waals surface area contributed by atoms with E-state index in [1.807, 2.05) is 6.26 Å². The molecule has 3 fully saturated rings. The summed E-state index contributed by atoms with van der Waals surface area (Å²) in [6, 6.07) is 2.81. The standard InChI is InChI=1S/C16H23NO/c1-2-17-13(7-10-5-6-18-9-10)16-14-11-3-4-12(8-11)15(14)16/h5-6,9,11-17H,2-4,7-8H2,1H3. The zero-order valence-corrected chi connectivity index (χ0v) is 11.1. The number of nitrogens with one attached hydrogen (secondary N) is 1. The zero-order chi connectivity index (χ0) is 12.1. The van der Waals surface area contributed by atoms with Crippen LogP contribution < -0.4 is 5.32 Å². The molecule has 0 aliphatic heterocycles. The summed E-state index contributed by atoms with van der Waals surface area (Å²) in [6.45, 7) is 3.32. The van der Waals surface area contributed by atoms with Crippen LogP contribution >= 0.6 is 0 Å². The van der Waals surface area contributed by atoms with Crippen molar-refractivity contribution in [3.05, 3.63) is 24.2 Å². The van der Waals surface area contributed by atoms with E-state index in [9.17, 15) is 0 Å². The Balaban J connectivity index is 1.48. The van der Waals surface area contributed by atoms with Gasteiger partial charge in [0.05, 0.1) is 12.5 Å². The van der Waals surface area contributed by atoms with E-state index >= 15 is 0 Å². The van der Waals surface area contributed by atoms with Crippen molar-refractivity contribution in [2.45, 2.75) is 38.6 Å². The van der Waals surface area contributed by atoms with Crippen LogP contribution in [0.15, 0.2) is 23.0 Å². The Morgan fingerprint density at radius 1 is 1.33 bits per heavy atom. The minimum Gasteiger partial charge on any atom is -0.472 e. The number of likely N-dealkylation sites (N-methyl/N-ethyl adjacent to an activating group) is 1. The average molecular weight is 245 g/mol. The lowest BCUT2D eigenvalue weighted by molar-refractivity contribution is 0.365. The normalized spacial score (nSPS) is 41.9. The van der Waals surface area contributed by atoms with E-state index < -0.39 is 0 Å². The molecule has 98 valence electrons. The van der Waals surface area contributed by atoms with Crippen LogP contribution in [0.3, 0.4) is 0 Å². The third-order valence-electron chi connectivity index (χ3n) is 5.76. The number of fused-ring (bicyclic) bond motifs is 5. The third-order valence-corrected chi connectivity index (χ3v) is 5.76. The van der Waals surface area contributed by atoms with E-state index in [2.05, 4.69) is 18.3 Å². The van der Waals surface area contributed by atoms with Gasteiger partial charge >= 0.3 is 0 Å². The quantitative estimate of drug-likeness (QED) is 0.862. The van der Waals surface area contributed by atoms with Crippen LogP contribution in [0.5, 0.6) is 0 Å². The molecule has 0 amide bonds. The fraction of sp³-hybridized carbons (Fsp3) is 0.750. The van der Waals surface area contributed by atoms with Gasteiger partial charge in [-0.2, -0.15) is 0 Å². The monoisotopic (exact) mass is 245 g/mol. The van der Waals surface area contributed by atoms with E-state index in [0.717, 1.165) is 42.6 Å². The highest BCUT2D eigenvalue weighted by atomic mass is 16.3. The first-order valence-corrected chi connectivity index (χ1v) is 7.63. The molecular formula is C16H23NO. The molecule has 1 aromatic heterocycles. The first-order chi connectivity index (χ1) is 8.88. The molecule has 3 saturated carbocycles. The summed E-state index contributed by atoms with van der Waals surface area (Å²) in [5.74, 6) is 5.26. The summed E-state index contributed by atoms with van der Waals surface area (Å²) in [5.41, 5.74) is 1.36. The van der Waals surface area contributed by atoms with Crippen LogP contribution in [0.25, 0.3) is 0 Å².